The molecule has 4 aliphatic rings. The van der Waals surface area contributed by atoms with Crippen LogP contribution in [-0.2, 0) is 9.47 Å². The number of hydrogen-bond donors (Lipinski definition) is 2. The summed E-state index contributed by atoms with van der Waals surface area (Å²) in [6.07, 6.45) is 8.39. The summed E-state index contributed by atoms with van der Waals surface area (Å²) in [5, 5.41) is 20.8. The molecule has 4 heteroatoms. The van der Waals surface area contributed by atoms with Crippen LogP contribution in [0.5, 0.6) is 0 Å². The van der Waals surface area contributed by atoms with E-state index in [9.17, 15) is 10.2 Å². The molecule has 4 rings (SSSR count). The molecule has 0 unspecified atom stereocenters. The number of aliphatic hydroxyl groups is 2. The van der Waals surface area contributed by atoms with E-state index in [0.29, 0.717) is 18.4 Å². The van der Waals surface area contributed by atoms with E-state index in [1.54, 1.807) is 5.57 Å². The highest BCUT2D eigenvalue weighted by molar-refractivity contribution is 5.26. The van der Waals surface area contributed by atoms with Gasteiger partial charge in [0.1, 0.15) is 0 Å². The topological polar surface area (TPSA) is 58.9 Å². The van der Waals surface area contributed by atoms with Crippen LogP contribution in [0.3, 0.4) is 0 Å². The van der Waals surface area contributed by atoms with Gasteiger partial charge in [0.05, 0.1) is 18.8 Å². The van der Waals surface area contributed by atoms with Gasteiger partial charge in [-0.15, -0.1) is 0 Å². The summed E-state index contributed by atoms with van der Waals surface area (Å²) in [4.78, 5) is 0. The predicted octanol–water partition coefficient (Wildman–Crippen LogP) is 4.05. The van der Waals surface area contributed by atoms with E-state index in [1.807, 2.05) is 13.8 Å². The first kappa shape index (κ1) is 19.9. The summed E-state index contributed by atoms with van der Waals surface area (Å²) < 4.78 is 12.1. The van der Waals surface area contributed by atoms with Crippen LogP contribution in [0.15, 0.2) is 11.6 Å². The lowest BCUT2D eigenvalue weighted by Gasteiger charge is -2.61. The molecule has 1 saturated heterocycles. The van der Waals surface area contributed by atoms with E-state index >= 15 is 0 Å². The van der Waals surface area contributed by atoms with Gasteiger partial charge in [-0.1, -0.05) is 32.4 Å². The van der Waals surface area contributed by atoms with E-state index < -0.39 is 5.79 Å². The van der Waals surface area contributed by atoms with Gasteiger partial charge >= 0.3 is 0 Å². The second kappa shape index (κ2) is 6.29. The SMILES string of the molecule is CC1(C)OC[C@@H]([C@]2(C)C=C3CC[C@H]4[C@](C)(CO)C[C@@H](O)C[C@@]4(C)[C@H]3CC2)O1. The van der Waals surface area contributed by atoms with Gasteiger partial charge in [0.2, 0.25) is 0 Å². The van der Waals surface area contributed by atoms with Gasteiger partial charge in [0, 0.05) is 12.0 Å². The minimum Gasteiger partial charge on any atom is -0.396 e. The van der Waals surface area contributed by atoms with E-state index in [0.717, 1.165) is 38.5 Å². The minimum absolute atomic E-state index is 0.0242. The smallest absolute Gasteiger partial charge is 0.163 e. The first-order valence-electron chi connectivity index (χ1n) is 10.8. The van der Waals surface area contributed by atoms with Crippen molar-refractivity contribution >= 4 is 0 Å². The molecule has 0 aromatic rings. The lowest BCUT2D eigenvalue weighted by atomic mass is 9.44. The maximum atomic E-state index is 10.6. The van der Waals surface area contributed by atoms with Gasteiger partial charge in [-0.3, -0.25) is 0 Å². The Hall–Kier alpha value is -0.420. The standard InChI is InChI=1S/C23H38O4/c1-20(2)26-13-19(27-20)21(3)9-8-17-15(10-21)6-7-18-22(4,14-24)11-16(25)12-23(17,18)5/h10,16-19,24-25H,6-9,11-14H2,1-5H3/t16-,17+,18+,19+,21+,22+,23+/m1/s1. The van der Waals surface area contributed by atoms with Crippen molar-refractivity contribution in [3.8, 4) is 0 Å². The molecule has 0 aromatic carbocycles. The second-order valence-electron chi connectivity index (χ2n) is 11.1. The Balaban J connectivity index is 1.63. The molecular weight excluding hydrogens is 340 g/mol. The van der Waals surface area contributed by atoms with Crippen molar-refractivity contribution in [1.82, 2.24) is 0 Å². The molecule has 0 amide bonds. The van der Waals surface area contributed by atoms with Crippen LogP contribution >= 0.6 is 0 Å². The molecule has 2 saturated carbocycles. The molecule has 4 nitrogen and oxygen atoms in total. The first-order chi connectivity index (χ1) is 12.5. The van der Waals surface area contributed by atoms with Crippen molar-refractivity contribution < 1.29 is 19.7 Å². The fraction of sp³-hybridized carbons (Fsp3) is 0.913. The number of allylic oxidation sites excluding steroid dienone is 1. The molecule has 0 aromatic heterocycles. The Kier molecular flexibility index (Phi) is 4.63. The Morgan fingerprint density at radius 1 is 1.11 bits per heavy atom. The zero-order valence-corrected chi connectivity index (χ0v) is 17.8. The van der Waals surface area contributed by atoms with Gasteiger partial charge < -0.3 is 19.7 Å². The monoisotopic (exact) mass is 378 g/mol. The minimum atomic E-state index is -0.483. The largest absolute Gasteiger partial charge is 0.396 e. The van der Waals surface area contributed by atoms with Gasteiger partial charge in [-0.05, 0) is 75.0 Å². The molecule has 1 aliphatic heterocycles. The molecule has 1 heterocycles. The fourth-order valence-electron chi connectivity index (χ4n) is 7.25. The van der Waals surface area contributed by atoms with E-state index in [4.69, 9.17) is 9.47 Å². The lowest BCUT2D eigenvalue weighted by molar-refractivity contribution is -0.154. The van der Waals surface area contributed by atoms with Crippen molar-refractivity contribution in [2.45, 2.75) is 91.1 Å². The molecule has 0 bridgehead atoms. The zero-order chi connectivity index (χ0) is 19.7. The van der Waals surface area contributed by atoms with Crippen LogP contribution in [0, 0.1) is 28.1 Å². The highest BCUT2D eigenvalue weighted by atomic mass is 16.7. The number of ether oxygens (including phenoxy) is 2. The van der Waals surface area contributed by atoms with Crippen LogP contribution in [0.25, 0.3) is 0 Å². The summed E-state index contributed by atoms with van der Waals surface area (Å²) in [5.74, 6) is 0.513. The Morgan fingerprint density at radius 3 is 2.48 bits per heavy atom. The average molecular weight is 379 g/mol. The van der Waals surface area contributed by atoms with Crippen molar-refractivity contribution in [2.75, 3.05) is 13.2 Å². The summed E-state index contributed by atoms with van der Waals surface area (Å²) in [5.41, 5.74) is 1.50. The molecule has 3 fully saturated rings. The molecule has 0 spiro atoms. The quantitative estimate of drug-likeness (QED) is 0.712. The van der Waals surface area contributed by atoms with Gasteiger partial charge in [-0.25, -0.2) is 0 Å². The Bertz CT molecular complexity index is 628. The number of fused-ring (bicyclic) bond motifs is 3. The van der Waals surface area contributed by atoms with Crippen molar-refractivity contribution in [3.05, 3.63) is 11.6 Å². The van der Waals surface area contributed by atoms with Crippen molar-refractivity contribution in [2.24, 2.45) is 28.1 Å². The zero-order valence-electron chi connectivity index (χ0n) is 17.8. The molecule has 3 aliphatic carbocycles. The van der Waals surface area contributed by atoms with E-state index in [1.165, 1.54) is 0 Å². The summed E-state index contributed by atoms with van der Waals surface area (Å²) in [6.45, 7) is 11.7. The molecule has 0 radical (unpaired) electrons. The summed E-state index contributed by atoms with van der Waals surface area (Å²) in [6, 6.07) is 0. The molecule has 2 N–H and O–H groups in total. The molecule has 154 valence electrons. The van der Waals surface area contributed by atoms with Crippen LogP contribution < -0.4 is 0 Å². The van der Waals surface area contributed by atoms with Gasteiger partial charge in [-0.2, -0.15) is 0 Å². The third-order valence-electron chi connectivity index (χ3n) is 8.57. The van der Waals surface area contributed by atoms with Gasteiger partial charge in [0.15, 0.2) is 5.79 Å². The van der Waals surface area contributed by atoms with Crippen LogP contribution in [0.4, 0.5) is 0 Å². The molecule has 7 atom stereocenters. The van der Waals surface area contributed by atoms with Crippen LogP contribution in [0.1, 0.15) is 73.1 Å². The van der Waals surface area contributed by atoms with Crippen LogP contribution in [-0.4, -0.2) is 41.4 Å². The number of rotatable bonds is 2. The van der Waals surface area contributed by atoms with E-state index in [2.05, 4.69) is 26.8 Å². The fourth-order valence-corrected chi connectivity index (χ4v) is 7.25. The Morgan fingerprint density at radius 2 is 1.85 bits per heavy atom. The summed E-state index contributed by atoms with van der Waals surface area (Å²) >= 11 is 0. The maximum absolute atomic E-state index is 10.6. The lowest BCUT2D eigenvalue weighted by Crippen LogP contribution is -2.56. The highest BCUT2D eigenvalue weighted by Crippen LogP contribution is 2.64. The number of aliphatic hydroxyl groups excluding tert-OH is 2. The Labute approximate surface area is 164 Å². The van der Waals surface area contributed by atoms with Crippen molar-refractivity contribution in [3.63, 3.8) is 0 Å². The predicted molar refractivity (Wildman–Crippen MR) is 105 cm³/mol. The summed E-state index contributed by atoms with van der Waals surface area (Å²) in [7, 11) is 0. The highest BCUT2D eigenvalue weighted by Gasteiger charge is 2.58. The third kappa shape index (κ3) is 3.11. The maximum Gasteiger partial charge on any atom is 0.163 e. The van der Waals surface area contributed by atoms with Crippen molar-refractivity contribution in [1.29, 1.82) is 0 Å². The molecule has 27 heavy (non-hydrogen) atoms. The van der Waals surface area contributed by atoms with Gasteiger partial charge in [0.25, 0.3) is 0 Å². The first-order valence-corrected chi connectivity index (χ1v) is 10.8. The average Bonchev–Trinajstić information content (AvgIpc) is 2.94. The second-order valence-corrected chi connectivity index (χ2v) is 11.1. The normalized spacial score (nSPS) is 52.0. The number of hydrogen-bond acceptors (Lipinski definition) is 4. The van der Waals surface area contributed by atoms with E-state index in [-0.39, 0.29) is 35.1 Å². The molecular formula is C23H38O4. The third-order valence-corrected chi connectivity index (χ3v) is 8.57. The van der Waals surface area contributed by atoms with Crippen LogP contribution in [0.2, 0.25) is 0 Å².